The summed E-state index contributed by atoms with van der Waals surface area (Å²) in [6.07, 6.45) is 8.24. The maximum absolute atomic E-state index is 11.2. The van der Waals surface area contributed by atoms with Crippen molar-refractivity contribution < 1.29 is 10.0 Å². The Balaban J connectivity index is 1.49. The Morgan fingerprint density at radius 2 is 2.13 bits per heavy atom. The first-order valence-electron chi connectivity index (χ1n) is 10.4. The minimum atomic E-state index is -0.528. The Hall–Kier alpha value is -2.93. The summed E-state index contributed by atoms with van der Waals surface area (Å²) >= 11 is 0. The zero-order chi connectivity index (χ0) is 20.9. The van der Waals surface area contributed by atoms with E-state index in [9.17, 15) is 4.79 Å². The summed E-state index contributed by atoms with van der Waals surface area (Å²) in [7, 11) is 0. The molecule has 0 saturated heterocycles. The van der Waals surface area contributed by atoms with Gasteiger partial charge in [-0.25, -0.2) is 5.48 Å². The van der Waals surface area contributed by atoms with Crippen LogP contribution in [0.4, 0.5) is 0 Å². The number of carbonyl (C=O) groups is 1. The van der Waals surface area contributed by atoms with E-state index >= 15 is 0 Å². The zero-order valence-electron chi connectivity index (χ0n) is 17.0. The van der Waals surface area contributed by atoms with E-state index in [-0.39, 0.29) is 0 Å². The van der Waals surface area contributed by atoms with Crippen LogP contribution < -0.4 is 11.2 Å². The van der Waals surface area contributed by atoms with Crippen molar-refractivity contribution >= 4 is 22.9 Å². The first-order valence-corrected chi connectivity index (χ1v) is 10.4. The molecule has 1 unspecified atom stereocenters. The van der Waals surface area contributed by atoms with E-state index in [1.807, 2.05) is 6.07 Å². The number of hydrogen-bond donors (Lipinski definition) is 4. The van der Waals surface area contributed by atoms with E-state index in [0.29, 0.717) is 12.6 Å². The summed E-state index contributed by atoms with van der Waals surface area (Å²) in [4.78, 5) is 17.1. The van der Waals surface area contributed by atoms with E-state index in [1.54, 1.807) is 11.6 Å². The van der Waals surface area contributed by atoms with Crippen molar-refractivity contribution in [1.29, 1.82) is 0 Å². The van der Waals surface area contributed by atoms with E-state index in [0.717, 1.165) is 37.9 Å². The Morgan fingerprint density at radius 3 is 2.97 bits per heavy atom. The number of nitrogens with two attached hydrogens (primary N) is 1. The summed E-state index contributed by atoms with van der Waals surface area (Å²) in [6, 6.07) is 15.1. The number of carbonyl (C=O) groups excluding carboxylic acids is 1. The topological polar surface area (TPSA) is 94.4 Å². The van der Waals surface area contributed by atoms with Gasteiger partial charge in [-0.15, -0.1) is 0 Å². The third-order valence-electron chi connectivity index (χ3n) is 5.95. The Kier molecular flexibility index (Phi) is 6.28. The summed E-state index contributed by atoms with van der Waals surface area (Å²) < 4.78 is 0. The molecule has 4 rings (SSSR count). The first kappa shape index (κ1) is 20.3. The highest BCUT2D eigenvalue weighted by molar-refractivity contribution is 5.90. The molecule has 0 bridgehead atoms. The Labute approximate surface area is 176 Å². The van der Waals surface area contributed by atoms with Gasteiger partial charge in [0.15, 0.2) is 0 Å². The first-order chi connectivity index (χ1) is 14.7. The fraction of sp³-hybridized carbons (Fsp3) is 0.292. The van der Waals surface area contributed by atoms with Crippen LogP contribution in [0.15, 0.2) is 54.7 Å². The third-order valence-corrected chi connectivity index (χ3v) is 5.95. The van der Waals surface area contributed by atoms with Crippen LogP contribution in [0.1, 0.15) is 34.7 Å². The molecule has 1 aromatic heterocycles. The number of para-hydroxylation sites is 1. The lowest BCUT2D eigenvalue weighted by Crippen LogP contribution is -2.34. The van der Waals surface area contributed by atoms with Crippen molar-refractivity contribution in [3.05, 3.63) is 77.0 Å². The number of aromatic amines is 1. The molecule has 30 heavy (non-hydrogen) atoms. The molecular formula is C24H28N4O2. The van der Waals surface area contributed by atoms with Crippen molar-refractivity contribution in [1.82, 2.24) is 15.4 Å². The quantitative estimate of drug-likeness (QED) is 0.263. The van der Waals surface area contributed by atoms with E-state index in [2.05, 4.69) is 52.5 Å². The number of fused-ring (bicyclic) bond motifs is 2. The number of rotatable bonds is 8. The van der Waals surface area contributed by atoms with Crippen LogP contribution in [-0.2, 0) is 17.6 Å². The van der Waals surface area contributed by atoms with Gasteiger partial charge in [-0.1, -0.05) is 36.4 Å². The molecule has 1 amide bonds. The second-order valence-electron chi connectivity index (χ2n) is 7.76. The molecule has 0 aliphatic heterocycles. The van der Waals surface area contributed by atoms with Crippen molar-refractivity contribution in [3.8, 4) is 0 Å². The number of nitrogens with zero attached hydrogens (tertiary/aromatic N) is 1. The standard InChI is InChI=1S/C24H28N4O2/c25-12-14-28(13-11-19-16-26-22-4-2-1-3-20(19)22)23-9-7-18-15-17(5-8-21(18)23)6-10-24(29)27-30/h1-6,8,10,15-16,23,26,30H,7,9,11-14,25H2,(H,27,29). The number of benzene rings is 2. The SMILES string of the molecule is NCCN(CCc1c[nH]c2ccccc12)C1CCc2cc(C=CC(=O)NO)ccc21. The maximum Gasteiger partial charge on any atom is 0.267 e. The Bertz CT molecular complexity index is 1060. The van der Waals surface area contributed by atoms with E-state index in [4.69, 9.17) is 10.9 Å². The van der Waals surface area contributed by atoms with Gasteiger partial charge < -0.3 is 10.7 Å². The molecule has 3 aromatic rings. The van der Waals surface area contributed by atoms with Gasteiger partial charge in [-0.2, -0.15) is 0 Å². The summed E-state index contributed by atoms with van der Waals surface area (Å²) in [5.74, 6) is -0.528. The largest absolute Gasteiger partial charge is 0.361 e. The van der Waals surface area contributed by atoms with Crippen LogP contribution in [0.5, 0.6) is 0 Å². The summed E-state index contributed by atoms with van der Waals surface area (Å²) in [5.41, 5.74) is 13.7. The molecule has 1 atom stereocenters. The molecule has 0 fully saturated rings. The highest BCUT2D eigenvalue weighted by Crippen LogP contribution is 2.36. The van der Waals surface area contributed by atoms with Crippen molar-refractivity contribution in [3.63, 3.8) is 0 Å². The minimum Gasteiger partial charge on any atom is -0.361 e. The highest BCUT2D eigenvalue weighted by atomic mass is 16.5. The minimum absolute atomic E-state index is 0.368. The molecule has 0 spiro atoms. The molecule has 156 valence electrons. The van der Waals surface area contributed by atoms with Crippen LogP contribution in [-0.4, -0.2) is 40.6 Å². The predicted octanol–water partition coefficient (Wildman–Crippen LogP) is 3.18. The fourth-order valence-corrected chi connectivity index (χ4v) is 4.50. The number of hydrogen-bond acceptors (Lipinski definition) is 4. The van der Waals surface area contributed by atoms with Gasteiger partial charge in [-0.3, -0.25) is 14.9 Å². The number of amides is 1. The average Bonchev–Trinajstić information content (AvgIpc) is 3.39. The van der Waals surface area contributed by atoms with Crippen LogP contribution >= 0.6 is 0 Å². The maximum atomic E-state index is 11.2. The van der Waals surface area contributed by atoms with Gasteiger partial charge in [-0.05, 0) is 53.7 Å². The third kappa shape index (κ3) is 4.31. The number of aryl methyl sites for hydroxylation is 1. The van der Waals surface area contributed by atoms with Crippen LogP contribution in [0.3, 0.4) is 0 Å². The lowest BCUT2D eigenvalue weighted by molar-refractivity contribution is -0.124. The number of nitrogens with one attached hydrogen (secondary N) is 2. The van der Waals surface area contributed by atoms with Crippen LogP contribution in [0, 0.1) is 0 Å². The number of H-pyrrole nitrogens is 1. The zero-order valence-corrected chi connectivity index (χ0v) is 17.0. The molecule has 0 saturated carbocycles. The van der Waals surface area contributed by atoms with Gasteiger partial charge in [0.1, 0.15) is 0 Å². The number of aromatic nitrogens is 1. The molecule has 1 heterocycles. The molecule has 1 aliphatic carbocycles. The van der Waals surface area contributed by atoms with Gasteiger partial charge in [0.2, 0.25) is 0 Å². The lowest BCUT2D eigenvalue weighted by atomic mass is 10.0. The molecule has 5 N–H and O–H groups in total. The fourth-order valence-electron chi connectivity index (χ4n) is 4.50. The monoisotopic (exact) mass is 404 g/mol. The molecule has 2 aromatic carbocycles. The second kappa shape index (κ2) is 9.26. The average molecular weight is 405 g/mol. The second-order valence-corrected chi connectivity index (χ2v) is 7.76. The van der Waals surface area contributed by atoms with Crippen molar-refractivity contribution in [2.45, 2.75) is 25.3 Å². The highest BCUT2D eigenvalue weighted by Gasteiger charge is 2.27. The van der Waals surface area contributed by atoms with Crippen molar-refractivity contribution in [2.24, 2.45) is 5.73 Å². The molecule has 0 radical (unpaired) electrons. The van der Waals surface area contributed by atoms with E-state index < -0.39 is 5.91 Å². The normalized spacial score (nSPS) is 15.9. The Morgan fingerprint density at radius 1 is 1.27 bits per heavy atom. The van der Waals surface area contributed by atoms with Gasteiger partial charge in [0, 0.05) is 48.9 Å². The lowest BCUT2D eigenvalue weighted by Gasteiger charge is -2.29. The summed E-state index contributed by atoms with van der Waals surface area (Å²) in [6.45, 7) is 2.46. The van der Waals surface area contributed by atoms with Gasteiger partial charge >= 0.3 is 0 Å². The van der Waals surface area contributed by atoms with Crippen molar-refractivity contribution in [2.75, 3.05) is 19.6 Å². The predicted molar refractivity (Wildman–Crippen MR) is 119 cm³/mol. The van der Waals surface area contributed by atoms with E-state index in [1.165, 1.54) is 33.7 Å². The number of hydroxylamine groups is 1. The smallest absolute Gasteiger partial charge is 0.267 e. The van der Waals surface area contributed by atoms with Crippen LogP contribution in [0.2, 0.25) is 0 Å². The molecule has 6 heteroatoms. The van der Waals surface area contributed by atoms with Gasteiger partial charge in [0.25, 0.3) is 5.91 Å². The molecular weight excluding hydrogens is 376 g/mol. The van der Waals surface area contributed by atoms with Crippen LogP contribution in [0.25, 0.3) is 17.0 Å². The molecule has 1 aliphatic rings. The van der Waals surface area contributed by atoms with Gasteiger partial charge in [0.05, 0.1) is 0 Å². The molecule has 6 nitrogen and oxygen atoms in total. The summed E-state index contributed by atoms with van der Waals surface area (Å²) in [5, 5.41) is 9.91.